The van der Waals surface area contributed by atoms with Crippen LogP contribution in [0.4, 0.5) is 0 Å². The van der Waals surface area contributed by atoms with Crippen molar-refractivity contribution in [2.24, 2.45) is 0 Å². The monoisotopic (exact) mass is 327 g/mol. The zero-order chi connectivity index (χ0) is 16.8. The van der Waals surface area contributed by atoms with Gasteiger partial charge in [-0.1, -0.05) is 37.5 Å². The van der Waals surface area contributed by atoms with E-state index < -0.39 is 0 Å². The van der Waals surface area contributed by atoms with E-state index in [-0.39, 0.29) is 5.91 Å². The predicted molar refractivity (Wildman–Crippen MR) is 93.2 cm³/mol. The van der Waals surface area contributed by atoms with Crippen LogP contribution in [0.15, 0.2) is 36.5 Å². The molecule has 0 unspecified atom stereocenters. The van der Waals surface area contributed by atoms with Crippen LogP contribution in [-0.2, 0) is 0 Å². The highest BCUT2D eigenvalue weighted by molar-refractivity contribution is 5.91. The molecule has 0 spiro atoms. The van der Waals surface area contributed by atoms with Crippen LogP contribution in [0.3, 0.4) is 0 Å². The van der Waals surface area contributed by atoms with Gasteiger partial charge in [0.05, 0.1) is 11.9 Å². The predicted octanol–water partition coefficient (Wildman–Crippen LogP) is 2.26. The lowest BCUT2D eigenvalue weighted by Gasteiger charge is -2.31. The largest absolute Gasteiger partial charge is 0.349 e. The number of para-hydroxylation sites is 1. The topological polar surface area (TPSA) is 63.1 Å². The fourth-order valence-electron chi connectivity index (χ4n) is 3.19. The van der Waals surface area contributed by atoms with Crippen molar-refractivity contribution in [3.63, 3.8) is 0 Å². The normalized spacial score (nSPS) is 15.6. The summed E-state index contributed by atoms with van der Waals surface area (Å²) in [5.74, 6) is -0.172. The minimum Gasteiger partial charge on any atom is -0.349 e. The molecule has 24 heavy (non-hydrogen) atoms. The van der Waals surface area contributed by atoms with Crippen molar-refractivity contribution in [1.29, 1.82) is 0 Å². The van der Waals surface area contributed by atoms with Gasteiger partial charge in [-0.05, 0) is 32.0 Å². The molecule has 128 valence electrons. The molecule has 1 aliphatic carbocycles. The summed E-state index contributed by atoms with van der Waals surface area (Å²) in [7, 11) is 2.15. The number of nitrogens with zero attached hydrogens (tertiary/aromatic N) is 4. The van der Waals surface area contributed by atoms with Gasteiger partial charge in [-0.2, -0.15) is 9.90 Å². The minimum atomic E-state index is -0.172. The fraction of sp³-hybridized carbons (Fsp3) is 0.500. The second-order valence-corrected chi connectivity index (χ2v) is 6.38. The molecule has 0 radical (unpaired) electrons. The molecule has 6 nitrogen and oxygen atoms in total. The van der Waals surface area contributed by atoms with Crippen molar-refractivity contribution in [2.75, 3.05) is 20.1 Å². The highest BCUT2D eigenvalue weighted by Crippen LogP contribution is 2.21. The van der Waals surface area contributed by atoms with E-state index >= 15 is 0 Å². The van der Waals surface area contributed by atoms with Crippen molar-refractivity contribution in [3.8, 4) is 5.69 Å². The van der Waals surface area contributed by atoms with Gasteiger partial charge in [0.15, 0.2) is 5.69 Å². The maximum atomic E-state index is 12.2. The number of benzene rings is 1. The number of carbonyl (C=O) groups is 1. The first-order valence-electron chi connectivity index (χ1n) is 8.70. The standard InChI is InChI=1S/C18H25N5O/c1-22(15-8-4-2-5-9-15)13-12-19-18(24)17-14-20-23(21-17)16-10-6-3-7-11-16/h3,6-7,10-11,14-15H,2,4-5,8-9,12-13H2,1H3,(H,19,24). The summed E-state index contributed by atoms with van der Waals surface area (Å²) in [6, 6.07) is 10.2. The van der Waals surface area contributed by atoms with Gasteiger partial charge in [-0.25, -0.2) is 0 Å². The van der Waals surface area contributed by atoms with Crippen LogP contribution in [0.2, 0.25) is 0 Å². The van der Waals surface area contributed by atoms with E-state index in [2.05, 4.69) is 27.5 Å². The van der Waals surface area contributed by atoms with E-state index in [9.17, 15) is 4.79 Å². The number of hydrogen-bond donors (Lipinski definition) is 1. The van der Waals surface area contributed by atoms with Gasteiger partial charge < -0.3 is 10.2 Å². The summed E-state index contributed by atoms with van der Waals surface area (Å²) in [4.78, 5) is 16.0. The molecule has 0 saturated heterocycles. The third kappa shape index (κ3) is 4.20. The van der Waals surface area contributed by atoms with E-state index in [1.165, 1.54) is 43.1 Å². The van der Waals surface area contributed by atoms with E-state index in [1.54, 1.807) is 0 Å². The average molecular weight is 327 g/mol. The molecular formula is C18H25N5O. The van der Waals surface area contributed by atoms with Crippen molar-refractivity contribution in [2.45, 2.75) is 38.1 Å². The van der Waals surface area contributed by atoms with Crippen LogP contribution >= 0.6 is 0 Å². The molecule has 1 saturated carbocycles. The molecule has 0 aliphatic heterocycles. The third-order valence-corrected chi connectivity index (χ3v) is 4.66. The Morgan fingerprint density at radius 3 is 2.75 bits per heavy atom. The molecule has 1 fully saturated rings. The molecule has 0 bridgehead atoms. The molecule has 1 aliphatic rings. The average Bonchev–Trinajstić information content (AvgIpc) is 3.13. The van der Waals surface area contributed by atoms with E-state index in [0.29, 0.717) is 18.3 Å². The van der Waals surface area contributed by atoms with Crippen molar-refractivity contribution >= 4 is 5.91 Å². The van der Waals surface area contributed by atoms with E-state index in [0.717, 1.165) is 12.2 Å². The molecule has 1 amide bonds. The van der Waals surface area contributed by atoms with Crippen molar-refractivity contribution in [1.82, 2.24) is 25.2 Å². The van der Waals surface area contributed by atoms with Crippen LogP contribution in [0.25, 0.3) is 5.69 Å². The number of amides is 1. The summed E-state index contributed by atoms with van der Waals surface area (Å²) in [6.45, 7) is 1.49. The summed E-state index contributed by atoms with van der Waals surface area (Å²) < 4.78 is 0. The summed E-state index contributed by atoms with van der Waals surface area (Å²) in [5, 5.41) is 11.3. The first-order valence-corrected chi connectivity index (χ1v) is 8.70. The number of carbonyl (C=O) groups excluding carboxylic acids is 1. The second kappa shape index (κ2) is 8.06. The first-order chi connectivity index (χ1) is 11.7. The Kier molecular flexibility index (Phi) is 5.59. The molecule has 1 heterocycles. The summed E-state index contributed by atoms with van der Waals surface area (Å²) in [6.07, 6.45) is 8.06. The van der Waals surface area contributed by atoms with Crippen molar-refractivity contribution < 1.29 is 4.79 Å². The fourth-order valence-corrected chi connectivity index (χ4v) is 3.19. The van der Waals surface area contributed by atoms with Crippen LogP contribution in [0.5, 0.6) is 0 Å². The lowest BCUT2D eigenvalue weighted by molar-refractivity contribution is 0.0939. The molecule has 6 heteroatoms. The van der Waals surface area contributed by atoms with Gasteiger partial charge >= 0.3 is 0 Å². The highest BCUT2D eigenvalue weighted by atomic mass is 16.2. The Hall–Kier alpha value is -2.21. The summed E-state index contributed by atoms with van der Waals surface area (Å²) in [5.41, 5.74) is 1.19. The van der Waals surface area contributed by atoms with E-state index in [4.69, 9.17) is 0 Å². The lowest BCUT2D eigenvalue weighted by atomic mass is 9.94. The van der Waals surface area contributed by atoms with Crippen molar-refractivity contribution in [3.05, 3.63) is 42.2 Å². The van der Waals surface area contributed by atoms with Gasteiger partial charge in [0.2, 0.25) is 0 Å². The van der Waals surface area contributed by atoms with E-state index in [1.807, 2.05) is 30.3 Å². The molecule has 1 N–H and O–H groups in total. The second-order valence-electron chi connectivity index (χ2n) is 6.38. The van der Waals surface area contributed by atoms with Gasteiger partial charge in [0, 0.05) is 19.1 Å². The molecule has 1 aromatic heterocycles. The number of nitrogens with one attached hydrogen (secondary N) is 1. The minimum absolute atomic E-state index is 0.172. The number of hydrogen-bond acceptors (Lipinski definition) is 4. The Morgan fingerprint density at radius 1 is 1.25 bits per heavy atom. The molecule has 1 aromatic carbocycles. The van der Waals surface area contributed by atoms with Gasteiger partial charge in [-0.15, -0.1) is 5.10 Å². The molecule has 3 rings (SSSR count). The third-order valence-electron chi connectivity index (χ3n) is 4.66. The van der Waals surface area contributed by atoms with Crippen LogP contribution in [0, 0.1) is 0 Å². The first kappa shape index (κ1) is 16.6. The Bertz CT molecular complexity index is 648. The maximum absolute atomic E-state index is 12.2. The molecular weight excluding hydrogens is 302 g/mol. The zero-order valence-corrected chi connectivity index (χ0v) is 14.2. The highest BCUT2D eigenvalue weighted by Gasteiger charge is 2.18. The van der Waals surface area contributed by atoms with Crippen LogP contribution in [-0.4, -0.2) is 52.0 Å². The molecule has 2 aromatic rings. The number of likely N-dealkylation sites (N-methyl/N-ethyl adjacent to an activating group) is 1. The smallest absolute Gasteiger partial charge is 0.273 e. The van der Waals surface area contributed by atoms with Crippen LogP contribution in [0.1, 0.15) is 42.6 Å². The maximum Gasteiger partial charge on any atom is 0.273 e. The SMILES string of the molecule is CN(CCNC(=O)c1cnn(-c2ccccc2)n1)C1CCCCC1. The van der Waals surface area contributed by atoms with Gasteiger partial charge in [-0.3, -0.25) is 4.79 Å². The quantitative estimate of drug-likeness (QED) is 0.884. The lowest BCUT2D eigenvalue weighted by Crippen LogP contribution is -2.39. The Morgan fingerprint density at radius 2 is 2.00 bits per heavy atom. The van der Waals surface area contributed by atoms with Gasteiger partial charge in [0.25, 0.3) is 5.91 Å². The number of rotatable bonds is 6. The number of aromatic nitrogens is 3. The zero-order valence-electron chi connectivity index (χ0n) is 14.2. The Labute approximate surface area is 142 Å². The molecule has 0 atom stereocenters. The Balaban J connectivity index is 1.48. The summed E-state index contributed by atoms with van der Waals surface area (Å²) >= 11 is 0. The van der Waals surface area contributed by atoms with Gasteiger partial charge in [0.1, 0.15) is 0 Å². The van der Waals surface area contributed by atoms with Crippen LogP contribution < -0.4 is 5.32 Å².